The summed E-state index contributed by atoms with van der Waals surface area (Å²) >= 11 is 0. The molecule has 1 atom stereocenters. The van der Waals surface area contributed by atoms with Crippen LogP contribution in [-0.2, 0) is 9.53 Å². The van der Waals surface area contributed by atoms with Crippen LogP contribution in [0.4, 0.5) is 0 Å². The highest BCUT2D eigenvalue weighted by molar-refractivity contribution is 5.96. The minimum absolute atomic E-state index is 0.0782. The third kappa shape index (κ3) is 7.53. The van der Waals surface area contributed by atoms with Crippen LogP contribution in [0, 0.1) is 11.3 Å². The minimum atomic E-state index is -0.440. The third-order valence-electron chi connectivity index (χ3n) is 2.29. The summed E-state index contributed by atoms with van der Waals surface area (Å²) < 4.78 is 5.52. The molecule has 0 aromatic rings. The van der Waals surface area contributed by atoms with Gasteiger partial charge in [-0.25, -0.2) is 0 Å². The molecule has 0 bridgehead atoms. The molecule has 0 saturated carbocycles. The maximum absolute atomic E-state index is 11.5. The predicted molar refractivity (Wildman–Crippen MR) is 67.1 cm³/mol. The van der Waals surface area contributed by atoms with Crippen molar-refractivity contribution in [1.82, 2.24) is 5.32 Å². The fourth-order valence-electron chi connectivity index (χ4n) is 1.32. The lowest BCUT2D eigenvalue weighted by Crippen LogP contribution is -2.37. The van der Waals surface area contributed by atoms with Gasteiger partial charge in [0.15, 0.2) is 0 Å². The van der Waals surface area contributed by atoms with Gasteiger partial charge in [0.25, 0.3) is 5.91 Å². The largest absolute Gasteiger partial charge is 0.359 e. The second kappa shape index (κ2) is 9.86. The average molecular weight is 238 g/mol. The van der Waals surface area contributed by atoms with E-state index in [0.29, 0.717) is 6.61 Å². The van der Waals surface area contributed by atoms with Gasteiger partial charge in [0.1, 0.15) is 17.9 Å². The van der Waals surface area contributed by atoms with E-state index in [9.17, 15) is 4.79 Å². The molecule has 0 aliphatic carbocycles. The number of rotatable bonds is 9. The predicted octanol–water partition coefficient (Wildman–Crippen LogP) is 2.52. The van der Waals surface area contributed by atoms with Crippen molar-refractivity contribution in [3.63, 3.8) is 0 Å². The molecule has 0 aromatic carbocycles. The fourth-order valence-corrected chi connectivity index (χ4v) is 1.32. The molecule has 4 nitrogen and oxygen atoms in total. The standard InChI is InChI=1S/C13H22N2O2/c1-4-6-7-8-12(17-9-5-2)15-13(16)11(3)10-14/h12H,3-9H2,1-2H3,(H,15,16). The molecule has 0 aliphatic rings. The molecule has 0 aromatic heterocycles. The first-order chi connectivity index (χ1) is 8.15. The summed E-state index contributed by atoms with van der Waals surface area (Å²) in [6.07, 6.45) is 4.61. The molecule has 4 heteroatoms. The van der Waals surface area contributed by atoms with Gasteiger partial charge in [-0.3, -0.25) is 4.79 Å². The van der Waals surface area contributed by atoms with E-state index in [-0.39, 0.29) is 11.8 Å². The number of nitrogens with one attached hydrogen (secondary N) is 1. The van der Waals surface area contributed by atoms with Crippen molar-refractivity contribution >= 4 is 5.91 Å². The Morgan fingerprint density at radius 2 is 2.12 bits per heavy atom. The van der Waals surface area contributed by atoms with Crippen LogP contribution in [0.3, 0.4) is 0 Å². The van der Waals surface area contributed by atoms with Gasteiger partial charge in [-0.05, 0) is 19.3 Å². The summed E-state index contributed by atoms with van der Waals surface area (Å²) in [4.78, 5) is 11.5. The van der Waals surface area contributed by atoms with Crippen LogP contribution in [0.1, 0.15) is 46.0 Å². The summed E-state index contributed by atoms with van der Waals surface area (Å²) in [6, 6.07) is 1.73. The van der Waals surface area contributed by atoms with E-state index in [4.69, 9.17) is 10.00 Å². The average Bonchev–Trinajstić information content (AvgIpc) is 2.34. The molecular weight excluding hydrogens is 216 g/mol. The van der Waals surface area contributed by atoms with Crippen LogP contribution >= 0.6 is 0 Å². The number of unbranched alkanes of at least 4 members (excludes halogenated alkanes) is 2. The number of hydrogen-bond donors (Lipinski definition) is 1. The van der Waals surface area contributed by atoms with E-state index in [2.05, 4.69) is 18.8 Å². The Labute approximate surface area is 104 Å². The topological polar surface area (TPSA) is 62.1 Å². The van der Waals surface area contributed by atoms with Crippen LogP contribution in [0.5, 0.6) is 0 Å². The van der Waals surface area contributed by atoms with Crippen molar-refractivity contribution in [3.05, 3.63) is 12.2 Å². The van der Waals surface area contributed by atoms with E-state index in [0.717, 1.165) is 32.1 Å². The van der Waals surface area contributed by atoms with Crippen LogP contribution in [0.15, 0.2) is 12.2 Å². The number of carbonyl (C=O) groups is 1. The van der Waals surface area contributed by atoms with Crippen molar-refractivity contribution < 1.29 is 9.53 Å². The van der Waals surface area contributed by atoms with Gasteiger partial charge >= 0.3 is 0 Å². The second-order valence-corrected chi connectivity index (χ2v) is 3.92. The van der Waals surface area contributed by atoms with Gasteiger partial charge in [-0.15, -0.1) is 0 Å². The maximum Gasteiger partial charge on any atom is 0.263 e. The molecule has 1 unspecified atom stereocenters. The Morgan fingerprint density at radius 3 is 2.65 bits per heavy atom. The molecule has 17 heavy (non-hydrogen) atoms. The van der Waals surface area contributed by atoms with E-state index in [1.165, 1.54) is 0 Å². The Hall–Kier alpha value is -1.34. The van der Waals surface area contributed by atoms with E-state index in [1.54, 1.807) is 6.07 Å². The molecule has 0 fully saturated rings. The molecule has 96 valence electrons. The molecule has 1 amide bonds. The molecule has 1 N–H and O–H groups in total. The first-order valence-electron chi connectivity index (χ1n) is 6.17. The number of nitrogens with zero attached hydrogens (tertiary/aromatic N) is 1. The third-order valence-corrected chi connectivity index (χ3v) is 2.29. The van der Waals surface area contributed by atoms with Gasteiger partial charge in [0.05, 0.1) is 0 Å². The zero-order valence-electron chi connectivity index (χ0n) is 10.8. The zero-order chi connectivity index (χ0) is 13.1. The summed E-state index contributed by atoms with van der Waals surface area (Å²) in [7, 11) is 0. The summed E-state index contributed by atoms with van der Waals surface area (Å²) in [5.41, 5.74) is -0.0782. The minimum Gasteiger partial charge on any atom is -0.359 e. The molecule has 0 radical (unpaired) electrons. The lowest BCUT2D eigenvalue weighted by Gasteiger charge is -2.18. The summed E-state index contributed by atoms with van der Waals surface area (Å²) in [5, 5.41) is 11.2. The highest BCUT2D eigenvalue weighted by Gasteiger charge is 2.14. The monoisotopic (exact) mass is 238 g/mol. The number of carbonyl (C=O) groups excluding carboxylic acids is 1. The number of amides is 1. The molecule has 0 saturated heterocycles. The van der Waals surface area contributed by atoms with E-state index >= 15 is 0 Å². The van der Waals surface area contributed by atoms with Crippen LogP contribution in [0.2, 0.25) is 0 Å². The maximum atomic E-state index is 11.5. The smallest absolute Gasteiger partial charge is 0.263 e. The Balaban J connectivity index is 4.13. The van der Waals surface area contributed by atoms with Crippen LogP contribution in [-0.4, -0.2) is 18.7 Å². The highest BCUT2D eigenvalue weighted by atomic mass is 16.5. The molecule has 0 heterocycles. The molecule has 0 rings (SSSR count). The summed E-state index contributed by atoms with van der Waals surface area (Å²) in [6.45, 7) is 8.12. The lowest BCUT2D eigenvalue weighted by atomic mass is 10.2. The SMILES string of the molecule is C=C(C#N)C(=O)NC(CCCCC)OCCC. The van der Waals surface area contributed by atoms with Gasteiger partial charge in [0.2, 0.25) is 0 Å². The first kappa shape index (κ1) is 15.7. The van der Waals surface area contributed by atoms with Crippen molar-refractivity contribution in [3.8, 4) is 6.07 Å². The van der Waals surface area contributed by atoms with E-state index in [1.807, 2.05) is 6.92 Å². The summed E-state index contributed by atoms with van der Waals surface area (Å²) in [5.74, 6) is -0.440. The zero-order valence-corrected chi connectivity index (χ0v) is 10.8. The quantitative estimate of drug-likeness (QED) is 0.290. The van der Waals surface area contributed by atoms with Crippen molar-refractivity contribution in [2.75, 3.05) is 6.61 Å². The number of hydrogen-bond acceptors (Lipinski definition) is 3. The van der Waals surface area contributed by atoms with E-state index < -0.39 is 5.91 Å². The Bertz CT molecular complexity index is 282. The first-order valence-corrected chi connectivity index (χ1v) is 6.17. The molecular formula is C13H22N2O2. The number of ether oxygens (including phenoxy) is 1. The van der Waals surface area contributed by atoms with Crippen molar-refractivity contribution in [2.24, 2.45) is 0 Å². The lowest BCUT2D eigenvalue weighted by molar-refractivity contribution is -0.121. The fraction of sp³-hybridized carbons (Fsp3) is 0.692. The van der Waals surface area contributed by atoms with Gasteiger partial charge in [-0.2, -0.15) is 5.26 Å². The second-order valence-electron chi connectivity index (χ2n) is 3.92. The van der Waals surface area contributed by atoms with Crippen molar-refractivity contribution in [1.29, 1.82) is 5.26 Å². The normalized spacial score (nSPS) is 11.6. The van der Waals surface area contributed by atoms with Crippen LogP contribution < -0.4 is 5.32 Å². The van der Waals surface area contributed by atoms with Crippen LogP contribution in [0.25, 0.3) is 0 Å². The molecule has 0 spiro atoms. The Kier molecular flexibility index (Phi) is 9.08. The van der Waals surface area contributed by atoms with Gasteiger partial charge in [0, 0.05) is 6.61 Å². The van der Waals surface area contributed by atoms with Crippen molar-refractivity contribution in [2.45, 2.75) is 52.2 Å². The Morgan fingerprint density at radius 1 is 1.41 bits per heavy atom. The van der Waals surface area contributed by atoms with Gasteiger partial charge in [-0.1, -0.05) is 33.3 Å². The number of nitriles is 1. The molecule has 0 aliphatic heterocycles. The highest BCUT2D eigenvalue weighted by Crippen LogP contribution is 2.06. The van der Waals surface area contributed by atoms with Gasteiger partial charge < -0.3 is 10.1 Å².